The molecular formula is C12H22O2. The van der Waals surface area contributed by atoms with Gasteiger partial charge in [0.25, 0.3) is 0 Å². The largest absolute Gasteiger partial charge is 0.393 e. The average molecular weight is 198 g/mol. The van der Waals surface area contributed by atoms with Gasteiger partial charge in [-0.15, -0.1) is 0 Å². The van der Waals surface area contributed by atoms with Crippen molar-refractivity contribution in [2.75, 3.05) is 0 Å². The molecule has 0 bridgehead atoms. The maximum atomic E-state index is 11.2. The Bertz CT molecular complexity index is 179. The summed E-state index contributed by atoms with van der Waals surface area (Å²) in [5, 5.41) is 9.69. The molecule has 0 heterocycles. The van der Waals surface area contributed by atoms with Crippen molar-refractivity contribution >= 4 is 6.29 Å². The van der Waals surface area contributed by atoms with Crippen molar-refractivity contribution in [1.29, 1.82) is 0 Å². The lowest BCUT2D eigenvalue weighted by Gasteiger charge is -2.38. The van der Waals surface area contributed by atoms with E-state index < -0.39 is 0 Å². The predicted octanol–water partition coefficient (Wildman–Crippen LogP) is 2.54. The fraction of sp³-hybridized carbons (Fsp3) is 0.917. The van der Waals surface area contributed by atoms with E-state index in [1.165, 1.54) is 0 Å². The van der Waals surface area contributed by atoms with Gasteiger partial charge in [0.1, 0.15) is 6.29 Å². The molecule has 0 aliphatic heterocycles. The molecule has 1 fully saturated rings. The molecule has 3 unspecified atom stereocenters. The van der Waals surface area contributed by atoms with Gasteiger partial charge in [-0.3, -0.25) is 0 Å². The van der Waals surface area contributed by atoms with Crippen molar-refractivity contribution in [3.05, 3.63) is 0 Å². The van der Waals surface area contributed by atoms with Gasteiger partial charge in [0.15, 0.2) is 0 Å². The number of hydrogen-bond acceptors (Lipinski definition) is 2. The van der Waals surface area contributed by atoms with E-state index in [4.69, 9.17) is 0 Å². The molecule has 0 saturated heterocycles. The van der Waals surface area contributed by atoms with Crippen molar-refractivity contribution < 1.29 is 9.90 Å². The second-order valence-electron chi connectivity index (χ2n) is 4.99. The number of rotatable bonds is 4. The molecule has 0 aromatic carbocycles. The molecule has 2 heteroatoms. The molecule has 0 aromatic heterocycles. The molecule has 1 rings (SSSR count). The van der Waals surface area contributed by atoms with Crippen LogP contribution < -0.4 is 0 Å². The van der Waals surface area contributed by atoms with Crippen LogP contribution in [-0.4, -0.2) is 17.5 Å². The number of hydrogen-bond donors (Lipinski definition) is 1. The molecule has 1 saturated carbocycles. The second kappa shape index (κ2) is 4.92. The summed E-state index contributed by atoms with van der Waals surface area (Å²) in [7, 11) is 0. The molecule has 1 aliphatic carbocycles. The molecule has 82 valence electrons. The van der Waals surface area contributed by atoms with Gasteiger partial charge in [-0.2, -0.15) is 0 Å². The first kappa shape index (κ1) is 11.7. The number of carbonyl (C=O) groups excluding carboxylic acids is 1. The Hall–Kier alpha value is -0.370. The van der Waals surface area contributed by atoms with Gasteiger partial charge >= 0.3 is 0 Å². The number of aliphatic hydroxyl groups excluding tert-OH is 1. The minimum atomic E-state index is -0.263. The molecule has 0 amide bonds. The van der Waals surface area contributed by atoms with Crippen LogP contribution >= 0.6 is 0 Å². The summed E-state index contributed by atoms with van der Waals surface area (Å²) < 4.78 is 0. The first-order chi connectivity index (χ1) is 6.62. The van der Waals surface area contributed by atoms with Gasteiger partial charge in [-0.05, 0) is 31.6 Å². The van der Waals surface area contributed by atoms with Crippen LogP contribution in [0.4, 0.5) is 0 Å². The molecular weight excluding hydrogens is 176 g/mol. The fourth-order valence-electron chi connectivity index (χ4n) is 2.77. The maximum absolute atomic E-state index is 11.2. The molecule has 14 heavy (non-hydrogen) atoms. The van der Waals surface area contributed by atoms with Crippen molar-refractivity contribution in [3.8, 4) is 0 Å². The standard InChI is InChI=1S/C12H22O2/c1-3-4-5-12(9-13)7-10(2)6-11(14)8-12/h9-11,14H,3-8H2,1-2H3. The van der Waals surface area contributed by atoms with Crippen LogP contribution in [0, 0.1) is 11.3 Å². The zero-order chi connectivity index (χ0) is 10.6. The molecule has 1 aliphatic rings. The molecule has 0 spiro atoms. The maximum Gasteiger partial charge on any atom is 0.126 e. The summed E-state index contributed by atoms with van der Waals surface area (Å²) in [6.45, 7) is 4.27. The highest BCUT2D eigenvalue weighted by atomic mass is 16.3. The SMILES string of the molecule is CCCCC1(C=O)CC(C)CC(O)C1. The summed E-state index contributed by atoms with van der Waals surface area (Å²) in [6.07, 6.45) is 6.52. The van der Waals surface area contributed by atoms with Crippen LogP contribution in [0.3, 0.4) is 0 Å². The normalized spacial score (nSPS) is 38.2. The summed E-state index contributed by atoms with van der Waals surface area (Å²) in [5.41, 5.74) is -0.215. The van der Waals surface area contributed by atoms with Gasteiger partial charge in [0.05, 0.1) is 6.10 Å². The van der Waals surface area contributed by atoms with Crippen LogP contribution in [0.5, 0.6) is 0 Å². The van der Waals surface area contributed by atoms with Crippen LogP contribution in [0.2, 0.25) is 0 Å². The van der Waals surface area contributed by atoms with E-state index in [1.807, 2.05) is 0 Å². The lowest BCUT2D eigenvalue weighted by molar-refractivity contribution is -0.122. The predicted molar refractivity (Wildman–Crippen MR) is 57.0 cm³/mol. The van der Waals surface area contributed by atoms with Gasteiger partial charge in [-0.1, -0.05) is 26.7 Å². The Balaban J connectivity index is 2.61. The quantitative estimate of drug-likeness (QED) is 0.705. The number of aliphatic hydroxyl groups is 1. The van der Waals surface area contributed by atoms with Gasteiger partial charge in [0, 0.05) is 5.41 Å². The second-order valence-corrected chi connectivity index (χ2v) is 4.99. The third-order valence-electron chi connectivity index (χ3n) is 3.35. The van der Waals surface area contributed by atoms with E-state index in [0.717, 1.165) is 38.4 Å². The van der Waals surface area contributed by atoms with E-state index >= 15 is 0 Å². The smallest absolute Gasteiger partial charge is 0.126 e. The summed E-state index contributed by atoms with van der Waals surface area (Å²) in [5.74, 6) is 0.487. The van der Waals surface area contributed by atoms with Crippen LogP contribution in [0.25, 0.3) is 0 Å². The van der Waals surface area contributed by atoms with Crippen molar-refractivity contribution in [3.63, 3.8) is 0 Å². The Labute approximate surface area is 86.7 Å². The van der Waals surface area contributed by atoms with Crippen molar-refractivity contribution in [2.24, 2.45) is 11.3 Å². The third-order valence-corrected chi connectivity index (χ3v) is 3.35. The third kappa shape index (κ3) is 2.81. The summed E-state index contributed by atoms with van der Waals surface area (Å²) in [6, 6.07) is 0. The molecule has 0 aromatic rings. The van der Waals surface area contributed by atoms with E-state index in [2.05, 4.69) is 13.8 Å². The Kier molecular flexibility index (Phi) is 4.11. The van der Waals surface area contributed by atoms with Crippen LogP contribution in [0.1, 0.15) is 52.4 Å². The number of aldehydes is 1. The lowest BCUT2D eigenvalue weighted by Crippen LogP contribution is -2.36. The zero-order valence-electron chi connectivity index (χ0n) is 9.33. The van der Waals surface area contributed by atoms with Crippen LogP contribution in [0.15, 0.2) is 0 Å². The van der Waals surface area contributed by atoms with Crippen molar-refractivity contribution in [1.82, 2.24) is 0 Å². The van der Waals surface area contributed by atoms with E-state index in [9.17, 15) is 9.90 Å². The Morgan fingerprint density at radius 3 is 2.71 bits per heavy atom. The number of carbonyl (C=O) groups is 1. The highest BCUT2D eigenvalue weighted by Gasteiger charge is 2.37. The monoisotopic (exact) mass is 198 g/mol. The van der Waals surface area contributed by atoms with Crippen LogP contribution in [-0.2, 0) is 4.79 Å². The minimum absolute atomic E-state index is 0.215. The zero-order valence-corrected chi connectivity index (χ0v) is 9.33. The van der Waals surface area contributed by atoms with E-state index in [-0.39, 0.29) is 11.5 Å². The highest BCUT2D eigenvalue weighted by Crippen LogP contribution is 2.41. The van der Waals surface area contributed by atoms with E-state index in [1.54, 1.807) is 0 Å². The summed E-state index contributed by atoms with van der Waals surface area (Å²) in [4.78, 5) is 11.2. The van der Waals surface area contributed by atoms with Gasteiger partial charge < -0.3 is 9.90 Å². The lowest BCUT2D eigenvalue weighted by atomic mass is 9.67. The molecule has 0 radical (unpaired) electrons. The summed E-state index contributed by atoms with van der Waals surface area (Å²) >= 11 is 0. The molecule has 3 atom stereocenters. The average Bonchev–Trinajstić information content (AvgIpc) is 2.13. The van der Waals surface area contributed by atoms with E-state index in [0.29, 0.717) is 12.3 Å². The topological polar surface area (TPSA) is 37.3 Å². The Morgan fingerprint density at radius 2 is 2.21 bits per heavy atom. The Morgan fingerprint density at radius 1 is 1.50 bits per heavy atom. The highest BCUT2D eigenvalue weighted by molar-refractivity contribution is 5.59. The molecule has 1 N–H and O–H groups in total. The van der Waals surface area contributed by atoms with Gasteiger partial charge in [-0.25, -0.2) is 0 Å². The first-order valence-corrected chi connectivity index (χ1v) is 5.76. The van der Waals surface area contributed by atoms with Crippen molar-refractivity contribution in [2.45, 2.75) is 58.5 Å². The fourth-order valence-corrected chi connectivity index (χ4v) is 2.77. The number of unbranched alkanes of at least 4 members (excludes halogenated alkanes) is 1. The minimum Gasteiger partial charge on any atom is -0.393 e. The molecule has 2 nitrogen and oxygen atoms in total. The first-order valence-electron chi connectivity index (χ1n) is 5.76. The van der Waals surface area contributed by atoms with Gasteiger partial charge in [0.2, 0.25) is 0 Å².